The number of carbonyl (C=O) groups excluding carboxylic acids is 1. The van der Waals surface area contributed by atoms with Gasteiger partial charge in [-0.1, -0.05) is 15.9 Å². The monoisotopic (exact) mass is 337 g/mol. The minimum atomic E-state index is -0.723. The van der Waals surface area contributed by atoms with Gasteiger partial charge in [-0.15, -0.1) is 0 Å². The van der Waals surface area contributed by atoms with E-state index in [9.17, 15) is 14.4 Å². The van der Waals surface area contributed by atoms with Crippen molar-refractivity contribution in [3.8, 4) is 0 Å². The molecule has 1 amide bonds. The molecule has 2 aromatic rings. The molecule has 0 bridgehead atoms. The molecule has 20 heavy (non-hydrogen) atoms. The molecule has 1 aromatic carbocycles. The van der Waals surface area contributed by atoms with Crippen molar-refractivity contribution in [2.24, 2.45) is 0 Å². The minimum absolute atomic E-state index is 0.147. The summed E-state index contributed by atoms with van der Waals surface area (Å²) in [5.41, 5.74) is 0.855. The highest BCUT2D eigenvalue weighted by Crippen LogP contribution is 2.25. The fraction of sp³-hybridized carbons (Fsp3) is 0.154. The third kappa shape index (κ3) is 2.88. The Hall–Kier alpha value is -2.15. The third-order valence-corrected chi connectivity index (χ3v) is 3.26. The number of halogens is 1. The zero-order chi connectivity index (χ0) is 14.9. The quantitative estimate of drug-likeness (QED) is 0.778. The van der Waals surface area contributed by atoms with Crippen LogP contribution in [0.25, 0.3) is 0 Å². The van der Waals surface area contributed by atoms with E-state index >= 15 is 0 Å². The molecule has 0 fully saturated rings. The van der Waals surface area contributed by atoms with Crippen LogP contribution in [0.15, 0.2) is 32.4 Å². The van der Waals surface area contributed by atoms with Gasteiger partial charge < -0.3 is 10.3 Å². The topological polar surface area (TPSA) is 94.8 Å². The summed E-state index contributed by atoms with van der Waals surface area (Å²) < 4.78 is 0.910. The van der Waals surface area contributed by atoms with Gasteiger partial charge in [-0.3, -0.25) is 14.6 Å². The Morgan fingerprint density at radius 1 is 1.20 bits per heavy atom. The van der Waals surface area contributed by atoms with E-state index in [0.717, 1.165) is 21.8 Å². The first kappa shape index (κ1) is 14.3. The first-order valence-electron chi connectivity index (χ1n) is 5.78. The Morgan fingerprint density at radius 2 is 1.80 bits per heavy atom. The molecule has 0 aliphatic heterocycles. The second kappa shape index (κ2) is 5.46. The lowest BCUT2D eigenvalue weighted by Gasteiger charge is -2.11. The van der Waals surface area contributed by atoms with Crippen LogP contribution in [0.5, 0.6) is 0 Å². The fourth-order valence-electron chi connectivity index (χ4n) is 1.87. The van der Waals surface area contributed by atoms with E-state index < -0.39 is 17.2 Å². The summed E-state index contributed by atoms with van der Waals surface area (Å²) in [7, 11) is 0. The summed E-state index contributed by atoms with van der Waals surface area (Å²) in [6, 6.07) is 3.72. The number of aromatic amines is 2. The molecule has 0 aliphatic carbocycles. The average molecular weight is 338 g/mol. The van der Waals surface area contributed by atoms with Crippen LogP contribution in [0.2, 0.25) is 0 Å². The Kier molecular flexibility index (Phi) is 3.89. The summed E-state index contributed by atoms with van der Waals surface area (Å²) >= 11 is 3.37. The summed E-state index contributed by atoms with van der Waals surface area (Å²) in [6.07, 6.45) is 1.10. The van der Waals surface area contributed by atoms with Crippen LogP contribution in [0.1, 0.15) is 21.5 Å². The van der Waals surface area contributed by atoms with Crippen molar-refractivity contribution in [2.75, 3.05) is 5.32 Å². The molecule has 1 aromatic heterocycles. The van der Waals surface area contributed by atoms with Crippen LogP contribution in [-0.2, 0) is 0 Å². The van der Waals surface area contributed by atoms with E-state index in [0.29, 0.717) is 5.69 Å². The minimum Gasteiger partial charge on any atom is -0.321 e. The maximum atomic E-state index is 12.1. The third-order valence-electron chi connectivity index (χ3n) is 2.80. The molecule has 3 N–H and O–H groups in total. The van der Waals surface area contributed by atoms with Crippen molar-refractivity contribution in [1.29, 1.82) is 0 Å². The molecule has 0 unspecified atom stereocenters. The van der Waals surface area contributed by atoms with Crippen LogP contribution < -0.4 is 16.6 Å². The van der Waals surface area contributed by atoms with E-state index in [1.54, 1.807) is 0 Å². The number of carbonyl (C=O) groups is 1. The molecular formula is C13H12BrN3O3. The number of anilines is 1. The number of aromatic nitrogens is 2. The number of rotatable bonds is 2. The van der Waals surface area contributed by atoms with Crippen molar-refractivity contribution in [1.82, 2.24) is 9.97 Å². The predicted molar refractivity (Wildman–Crippen MR) is 79.3 cm³/mol. The largest absolute Gasteiger partial charge is 0.325 e. The maximum absolute atomic E-state index is 12.1. The molecule has 6 nitrogen and oxygen atoms in total. The molecule has 2 rings (SSSR count). The number of aryl methyl sites for hydroxylation is 2. The molecule has 7 heteroatoms. The predicted octanol–water partition coefficient (Wildman–Crippen LogP) is 1.69. The van der Waals surface area contributed by atoms with Crippen molar-refractivity contribution in [2.45, 2.75) is 13.8 Å². The summed E-state index contributed by atoms with van der Waals surface area (Å²) in [5, 5.41) is 2.68. The number of hydrogen-bond donors (Lipinski definition) is 3. The van der Waals surface area contributed by atoms with Gasteiger partial charge in [0.15, 0.2) is 0 Å². The highest BCUT2D eigenvalue weighted by atomic mass is 79.9. The molecule has 0 spiro atoms. The molecule has 0 radical (unpaired) electrons. The SMILES string of the molecule is Cc1cc(Br)cc(C)c1NC(=O)c1c[nH]c(=O)[nH]c1=O. The van der Waals surface area contributed by atoms with Crippen molar-refractivity contribution >= 4 is 27.5 Å². The smallest absolute Gasteiger partial charge is 0.321 e. The molecule has 1 heterocycles. The van der Waals surface area contributed by atoms with Gasteiger partial charge in [0.25, 0.3) is 11.5 Å². The highest BCUT2D eigenvalue weighted by Gasteiger charge is 2.14. The number of amides is 1. The molecule has 0 saturated heterocycles. The fourth-order valence-corrected chi connectivity index (χ4v) is 2.55. The maximum Gasteiger partial charge on any atom is 0.325 e. The van der Waals surface area contributed by atoms with E-state index in [1.165, 1.54) is 0 Å². The van der Waals surface area contributed by atoms with Gasteiger partial charge in [0.1, 0.15) is 5.56 Å². The van der Waals surface area contributed by atoms with Gasteiger partial charge in [-0.2, -0.15) is 0 Å². The Morgan fingerprint density at radius 3 is 2.35 bits per heavy atom. The van der Waals surface area contributed by atoms with Crippen molar-refractivity contribution in [3.63, 3.8) is 0 Å². The zero-order valence-corrected chi connectivity index (χ0v) is 12.4. The van der Waals surface area contributed by atoms with Crippen molar-refractivity contribution < 1.29 is 4.79 Å². The highest BCUT2D eigenvalue weighted by molar-refractivity contribution is 9.10. The molecule has 0 atom stereocenters. The van der Waals surface area contributed by atoms with Gasteiger partial charge in [0, 0.05) is 16.4 Å². The van der Waals surface area contributed by atoms with Crippen LogP contribution >= 0.6 is 15.9 Å². The van der Waals surface area contributed by atoms with Gasteiger partial charge >= 0.3 is 5.69 Å². The zero-order valence-electron chi connectivity index (χ0n) is 10.8. The lowest BCUT2D eigenvalue weighted by molar-refractivity contribution is 0.102. The lowest BCUT2D eigenvalue weighted by atomic mass is 10.1. The van der Waals surface area contributed by atoms with Gasteiger partial charge in [0.2, 0.25) is 0 Å². The second-order valence-corrected chi connectivity index (χ2v) is 5.27. The Bertz CT molecular complexity index is 769. The van der Waals surface area contributed by atoms with Crippen LogP contribution in [0.3, 0.4) is 0 Å². The number of benzene rings is 1. The van der Waals surface area contributed by atoms with Gasteiger partial charge in [0.05, 0.1) is 0 Å². The Balaban J connectivity index is 2.38. The van der Waals surface area contributed by atoms with E-state index in [4.69, 9.17) is 0 Å². The standard InChI is InChI=1S/C13H12BrN3O3/c1-6-3-8(14)4-7(2)10(6)16-11(18)9-5-15-13(20)17-12(9)19/h3-5H,1-2H3,(H,16,18)(H2,15,17,19,20). The molecule has 104 valence electrons. The molecule has 0 saturated carbocycles. The van der Waals surface area contributed by atoms with Gasteiger partial charge in [-0.05, 0) is 37.1 Å². The Labute approximate surface area is 122 Å². The summed E-state index contributed by atoms with van der Waals surface area (Å²) in [6.45, 7) is 3.70. The van der Waals surface area contributed by atoms with E-state index in [2.05, 4.69) is 26.2 Å². The van der Waals surface area contributed by atoms with Gasteiger partial charge in [-0.25, -0.2) is 4.79 Å². The van der Waals surface area contributed by atoms with Crippen LogP contribution in [0.4, 0.5) is 5.69 Å². The second-order valence-electron chi connectivity index (χ2n) is 4.35. The number of H-pyrrole nitrogens is 2. The summed E-state index contributed by atoms with van der Waals surface area (Å²) in [4.78, 5) is 38.8. The first-order chi connectivity index (χ1) is 9.38. The van der Waals surface area contributed by atoms with E-state index in [-0.39, 0.29) is 5.56 Å². The number of hydrogen-bond acceptors (Lipinski definition) is 3. The first-order valence-corrected chi connectivity index (χ1v) is 6.58. The van der Waals surface area contributed by atoms with E-state index in [1.807, 2.05) is 31.0 Å². The average Bonchev–Trinajstić information content (AvgIpc) is 2.33. The normalized spacial score (nSPS) is 10.3. The van der Waals surface area contributed by atoms with Crippen LogP contribution in [-0.4, -0.2) is 15.9 Å². The lowest BCUT2D eigenvalue weighted by Crippen LogP contribution is -2.30. The van der Waals surface area contributed by atoms with Crippen molar-refractivity contribution in [3.05, 3.63) is 60.3 Å². The summed E-state index contributed by atoms with van der Waals surface area (Å²) in [5.74, 6) is -0.573. The number of nitrogens with one attached hydrogen (secondary N) is 3. The van der Waals surface area contributed by atoms with Crippen LogP contribution in [0, 0.1) is 13.8 Å². The molecule has 0 aliphatic rings. The molecular weight excluding hydrogens is 326 g/mol.